The molecule has 4 heteroatoms. The molecular weight excluding hydrogens is 240 g/mol. The Kier molecular flexibility index (Phi) is 4.58. The van der Waals surface area contributed by atoms with Gasteiger partial charge in [0.1, 0.15) is 24.3 Å². The first-order chi connectivity index (χ1) is 9.20. The third-order valence-electron chi connectivity index (χ3n) is 3.05. The van der Waals surface area contributed by atoms with E-state index in [1.54, 1.807) is 6.20 Å². The average molecular weight is 260 g/mol. The van der Waals surface area contributed by atoms with E-state index >= 15 is 0 Å². The highest BCUT2D eigenvalue weighted by Gasteiger charge is 2.09. The molecule has 0 spiro atoms. The van der Waals surface area contributed by atoms with E-state index < -0.39 is 6.10 Å². The van der Waals surface area contributed by atoms with E-state index in [-0.39, 0.29) is 6.61 Å². The molecule has 0 saturated carbocycles. The molecule has 1 unspecified atom stereocenters. The quantitative estimate of drug-likeness (QED) is 0.866. The van der Waals surface area contributed by atoms with Gasteiger partial charge in [0, 0.05) is 18.8 Å². The first kappa shape index (κ1) is 13.6. The van der Waals surface area contributed by atoms with E-state index in [2.05, 4.69) is 11.9 Å². The number of rotatable bonds is 6. The molecule has 0 aliphatic carbocycles. The van der Waals surface area contributed by atoms with E-state index in [1.165, 1.54) is 0 Å². The number of aryl methyl sites for hydroxylation is 2. The van der Waals surface area contributed by atoms with Gasteiger partial charge in [-0.1, -0.05) is 25.1 Å². The van der Waals surface area contributed by atoms with Crippen LogP contribution in [0.2, 0.25) is 0 Å². The Bertz CT molecular complexity index is 522. The Hall–Kier alpha value is -1.81. The Labute approximate surface area is 113 Å². The molecule has 19 heavy (non-hydrogen) atoms. The summed E-state index contributed by atoms with van der Waals surface area (Å²) in [6, 6.07) is 7.81. The minimum atomic E-state index is -0.542. The summed E-state index contributed by atoms with van der Waals surface area (Å²) in [4.78, 5) is 4.23. The number of hydrogen-bond donors (Lipinski definition) is 1. The van der Waals surface area contributed by atoms with Gasteiger partial charge in [0.15, 0.2) is 0 Å². The summed E-state index contributed by atoms with van der Waals surface area (Å²) in [5, 5.41) is 10.0. The maximum atomic E-state index is 10.0. The van der Waals surface area contributed by atoms with Gasteiger partial charge >= 0.3 is 0 Å². The van der Waals surface area contributed by atoms with Crippen LogP contribution in [-0.2, 0) is 13.0 Å². The van der Waals surface area contributed by atoms with Crippen LogP contribution in [-0.4, -0.2) is 27.4 Å². The zero-order valence-corrected chi connectivity index (χ0v) is 11.4. The molecule has 102 valence electrons. The molecule has 0 bridgehead atoms. The van der Waals surface area contributed by atoms with E-state index in [9.17, 15) is 5.11 Å². The summed E-state index contributed by atoms with van der Waals surface area (Å²) in [5.41, 5.74) is 1.08. The minimum absolute atomic E-state index is 0.284. The molecule has 0 radical (unpaired) electrons. The van der Waals surface area contributed by atoms with Crippen molar-refractivity contribution in [1.82, 2.24) is 9.55 Å². The van der Waals surface area contributed by atoms with Gasteiger partial charge in [0.25, 0.3) is 0 Å². The van der Waals surface area contributed by atoms with Crippen LogP contribution in [0.15, 0.2) is 36.7 Å². The fourth-order valence-corrected chi connectivity index (χ4v) is 2.00. The SMILES string of the molecule is CCc1nccn1CC(O)COc1ccccc1C. The second-order valence-electron chi connectivity index (χ2n) is 4.58. The van der Waals surface area contributed by atoms with Crippen LogP contribution >= 0.6 is 0 Å². The lowest BCUT2D eigenvalue weighted by atomic mass is 10.2. The Morgan fingerprint density at radius 2 is 2.16 bits per heavy atom. The molecule has 1 heterocycles. The van der Waals surface area contributed by atoms with Crippen molar-refractivity contribution in [3.05, 3.63) is 48.0 Å². The number of nitrogens with zero attached hydrogens (tertiary/aromatic N) is 2. The number of aliphatic hydroxyl groups excluding tert-OH is 1. The maximum absolute atomic E-state index is 10.0. The van der Waals surface area contributed by atoms with Crippen LogP contribution in [0.1, 0.15) is 18.3 Å². The number of ether oxygens (including phenoxy) is 1. The van der Waals surface area contributed by atoms with Crippen LogP contribution in [0.4, 0.5) is 0 Å². The van der Waals surface area contributed by atoms with Crippen molar-refractivity contribution in [3.8, 4) is 5.75 Å². The standard InChI is InChI=1S/C15H20N2O2/c1-3-15-16-8-9-17(15)10-13(18)11-19-14-7-5-4-6-12(14)2/h4-9,13,18H,3,10-11H2,1-2H3. The fraction of sp³-hybridized carbons (Fsp3) is 0.400. The molecule has 1 aromatic carbocycles. The molecule has 0 fully saturated rings. The largest absolute Gasteiger partial charge is 0.491 e. The lowest BCUT2D eigenvalue weighted by Gasteiger charge is -2.15. The van der Waals surface area contributed by atoms with Gasteiger partial charge in [-0.3, -0.25) is 0 Å². The smallest absolute Gasteiger partial charge is 0.122 e. The van der Waals surface area contributed by atoms with Gasteiger partial charge in [0.05, 0.1) is 6.54 Å². The van der Waals surface area contributed by atoms with Crippen LogP contribution in [0, 0.1) is 6.92 Å². The van der Waals surface area contributed by atoms with Gasteiger partial charge in [-0.25, -0.2) is 4.98 Å². The molecule has 1 atom stereocenters. The maximum Gasteiger partial charge on any atom is 0.122 e. The lowest BCUT2D eigenvalue weighted by Crippen LogP contribution is -2.24. The zero-order valence-electron chi connectivity index (χ0n) is 11.4. The summed E-state index contributed by atoms with van der Waals surface area (Å²) in [6.45, 7) is 4.84. The summed E-state index contributed by atoms with van der Waals surface area (Å²) < 4.78 is 7.60. The molecule has 2 aromatic rings. The van der Waals surface area contributed by atoms with Crippen molar-refractivity contribution in [3.63, 3.8) is 0 Å². The van der Waals surface area contributed by atoms with Gasteiger partial charge < -0.3 is 14.4 Å². The molecular formula is C15H20N2O2. The molecule has 0 saturated heterocycles. The molecule has 0 amide bonds. The van der Waals surface area contributed by atoms with Crippen LogP contribution in [0.3, 0.4) is 0 Å². The molecule has 2 rings (SSSR count). The average Bonchev–Trinajstić information content (AvgIpc) is 2.85. The van der Waals surface area contributed by atoms with Crippen LogP contribution < -0.4 is 4.74 Å². The highest BCUT2D eigenvalue weighted by atomic mass is 16.5. The monoisotopic (exact) mass is 260 g/mol. The molecule has 4 nitrogen and oxygen atoms in total. The van der Waals surface area contributed by atoms with E-state index in [0.29, 0.717) is 6.54 Å². The van der Waals surface area contributed by atoms with Gasteiger partial charge in [-0.2, -0.15) is 0 Å². The second kappa shape index (κ2) is 6.38. The highest BCUT2D eigenvalue weighted by molar-refractivity contribution is 5.31. The molecule has 1 aromatic heterocycles. The Balaban J connectivity index is 1.88. The van der Waals surface area contributed by atoms with Crippen molar-refractivity contribution < 1.29 is 9.84 Å². The molecule has 0 aliphatic rings. The number of aliphatic hydroxyl groups is 1. The van der Waals surface area contributed by atoms with Crippen molar-refractivity contribution >= 4 is 0 Å². The lowest BCUT2D eigenvalue weighted by molar-refractivity contribution is 0.0914. The highest BCUT2D eigenvalue weighted by Crippen LogP contribution is 2.16. The van der Waals surface area contributed by atoms with E-state index in [0.717, 1.165) is 23.6 Å². The van der Waals surface area contributed by atoms with E-state index in [4.69, 9.17) is 4.74 Å². The third-order valence-corrected chi connectivity index (χ3v) is 3.05. The van der Waals surface area contributed by atoms with Crippen molar-refractivity contribution in [1.29, 1.82) is 0 Å². The van der Waals surface area contributed by atoms with Crippen molar-refractivity contribution in [2.24, 2.45) is 0 Å². The van der Waals surface area contributed by atoms with Crippen molar-refractivity contribution in [2.75, 3.05) is 6.61 Å². The Morgan fingerprint density at radius 3 is 2.89 bits per heavy atom. The third kappa shape index (κ3) is 3.58. The summed E-state index contributed by atoms with van der Waals surface area (Å²) >= 11 is 0. The predicted octanol–water partition coefficient (Wildman–Crippen LogP) is 2.19. The minimum Gasteiger partial charge on any atom is -0.491 e. The number of para-hydroxylation sites is 1. The number of benzene rings is 1. The topological polar surface area (TPSA) is 47.3 Å². The van der Waals surface area contributed by atoms with Gasteiger partial charge in [0.2, 0.25) is 0 Å². The molecule has 1 N–H and O–H groups in total. The summed E-state index contributed by atoms with van der Waals surface area (Å²) in [5.74, 6) is 1.80. The van der Waals surface area contributed by atoms with Crippen LogP contribution in [0.25, 0.3) is 0 Å². The summed E-state index contributed by atoms with van der Waals surface area (Å²) in [6.07, 6.45) is 3.96. The summed E-state index contributed by atoms with van der Waals surface area (Å²) in [7, 11) is 0. The van der Waals surface area contributed by atoms with Gasteiger partial charge in [-0.15, -0.1) is 0 Å². The predicted molar refractivity (Wildman–Crippen MR) is 74.3 cm³/mol. The molecule has 0 aliphatic heterocycles. The zero-order chi connectivity index (χ0) is 13.7. The second-order valence-corrected chi connectivity index (χ2v) is 4.58. The fourth-order valence-electron chi connectivity index (χ4n) is 2.00. The Morgan fingerprint density at radius 1 is 1.37 bits per heavy atom. The number of hydrogen-bond acceptors (Lipinski definition) is 3. The first-order valence-electron chi connectivity index (χ1n) is 6.57. The number of aromatic nitrogens is 2. The van der Waals surface area contributed by atoms with E-state index in [1.807, 2.05) is 42.0 Å². The first-order valence-corrected chi connectivity index (χ1v) is 6.57. The van der Waals surface area contributed by atoms with Gasteiger partial charge in [-0.05, 0) is 18.6 Å². The van der Waals surface area contributed by atoms with Crippen molar-refractivity contribution in [2.45, 2.75) is 32.9 Å². The number of imidazole rings is 1. The normalized spacial score (nSPS) is 12.4. The van der Waals surface area contributed by atoms with Crippen LogP contribution in [0.5, 0.6) is 5.75 Å².